The zero-order valence-corrected chi connectivity index (χ0v) is 13.0. The quantitative estimate of drug-likeness (QED) is 0.730. The van der Waals surface area contributed by atoms with Crippen LogP contribution in [0, 0.1) is 0 Å². The summed E-state index contributed by atoms with van der Waals surface area (Å²) in [6, 6.07) is 4.15. The molecule has 1 saturated heterocycles. The molecule has 0 radical (unpaired) electrons. The second-order valence-electron chi connectivity index (χ2n) is 5.97. The maximum absolute atomic E-state index is 4.41. The molecule has 0 atom stereocenters. The first-order valence-electron chi connectivity index (χ1n) is 7.98. The third-order valence-electron chi connectivity index (χ3n) is 4.37. The maximum atomic E-state index is 4.41. The highest BCUT2D eigenvalue weighted by molar-refractivity contribution is 5.36. The molecule has 4 rings (SSSR count). The highest BCUT2D eigenvalue weighted by Gasteiger charge is 2.18. The molecule has 3 aromatic heterocycles. The normalized spacial score (nSPS) is 16.9. The van der Waals surface area contributed by atoms with Crippen LogP contribution in [-0.2, 0) is 13.1 Å². The number of pyridine rings is 1. The van der Waals surface area contributed by atoms with E-state index in [0.29, 0.717) is 0 Å². The maximum Gasteiger partial charge on any atom is 0.155 e. The minimum Gasteiger partial charge on any atom is -0.300 e. The van der Waals surface area contributed by atoms with Crippen LogP contribution >= 0.6 is 0 Å². The number of piperazine rings is 1. The van der Waals surface area contributed by atoms with Crippen LogP contribution in [0.1, 0.15) is 11.3 Å². The van der Waals surface area contributed by atoms with Crippen molar-refractivity contribution in [1.82, 2.24) is 29.2 Å². The van der Waals surface area contributed by atoms with E-state index in [2.05, 4.69) is 35.2 Å². The van der Waals surface area contributed by atoms with Gasteiger partial charge in [-0.2, -0.15) is 0 Å². The summed E-state index contributed by atoms with van der Waals surface area (Å²) in [7, 11) is 0. The molecule has 0 aliphatic carbocycles. The van der Waals surface area contributed by atoms with Crippen molar-refractivity contribution in [2.24, 2.45) is 0 Å². The van der Waals surface area contributed by atoms with Crippen molar-refractivity contribution in [1.29, 1.82) is 0 Å². The van der Waals surface area contributed by atoms with Gasteiger partial charge < -0.3 is 0 Å². The van der Waals surface area contributed by atoms with Gasteiger partial charge in [0.05, 0.1) is 18.1 Å². The van der Waals surface area contributed by atoms with E-state index in [4.69, 9.17) is 0 Å². The fourth-order valence-corrected chi connectivity index (χ4v) is 3.10. The number of fused-ring (bicyclic) bond motifs is 1. The minimum atomic E-state index is 0.915. The number of hydrogen-bond donors (Lipinski definition) is 0. The van der Waals surface area contributed by atoms with Crippen LogP contribution in [0.3, 0.4) is 0 Å². The van der Waals surface area contributed by atoms with Crippen molar-refractivity contribution >= 4 is 5.65 Å². The van der Waals surface area contributed by atoms with Crippen molar-refractivity contribution in [3.63, 3.8) is 0 Å². The van der Waals surface area contributed by atoms with E-state index in [9.17, 15) is 0 Å². The summed E-state index contributed by atoms with van der Waals surface area (Å²) in [5, 5.41) is 0. The molecule has 3 aromatic rings. The molecule has 0 bridgehead atoms. The van der Waals surface area contributed by atoms with Crippen molar-refractivity contribution in [3.05, 3.63) is 60.6 Å². The van der Waals surface area contributed by atoms with Gasteiger partial charge in [-0.05, 0) is 11.6 Å². The zero-order chi connectivity index (χ0) is 15.5. The fourth-order valence-electron chi connectivity index (χ4n) is 3.10. The highest BCUT2D eigenvalue weighted by Crippen LogP contribution is 2.12. The molecule has 4 heterocycles. The second-order valence-corrected chi connectivity index (χ2v) is 5.97. The summed E-state index contributed by atoms with van der Waals surface area (Å²) in [5.41, 5.74) is 3.43. The molecule has 118 valence electrons. The Morgan fingerprint density at radius 1 is 0.870 bits per heavy atom. The summed E-state index contributed by atoms with van der Waals surface area (Å²) < 4.78 is 2.12. The second kappa shape index (κ2) is 6.44. The first kappa shape index (κ1) is 14.3. The van der Waals surface area contributed by atoms with Crippen molar-refractivity contribution in [3.8, 4) is 0 Å². The van der Waals surface area contributed by atoms with Gasteiger partial charge in [-0.15, -0.1) is 0 Å². The van der Waals surface area contributed by atoms with E-state index in [0.717, 1.165) is 44.9 Å². The number of rotatable bonds is 4. The molecule has 6 heteroatoms. The molecule has 0 saturated carbocycles. The topological polar surface area (TPSA) is 49.6 Å². The van der Waals surface area contributed by atoms with Gasteiger partial charge in [0, 0.05) is 64.1 Å². The molecule has 23 heavy (non-hydrogen) atoms. The average Bonchev–Trinajstić information content (AvgIpc) is 3.01. The first-order valence-corrected chi connectivity index (χ1v) is 7.98. The van der Waals surface area contributed by atoms with Crippen LogP contribution in [0.5, 0.6) is 0 Å². The molecular formula is C17H20N6. The Balaban J connectivity index is 1.35. The molecule has 6 nitrogen and oxygen atoms in total. The number of hydrogen-bond acceptors (Lipinski definition) is 5. The minimum absolute atomic E-state index is 0.915. The Bertz CT molecular complexity index is 761. The predicted octanol–water partition coefficient (Wildman–Crippen LogP) is 1.44. The van der Waals surface area contributed by atoms with E-state index in [-0.39, 0.29) is 0 Å². The molecule has 0 N–H and O–H groups in total. The summed E-state index contributed by atoms with van der Waals surface area (Å²) in [5.74, 6) is 0. The van der Waals surface area contributed by atoms with Gasteiger partial charge in [0.15, 0.2) is 5.65 Å². The van der Waals surface area contributed by atoms with Crippen molar-refractivity contribution in [2.75, 3.05) is 26.2 Å². The summed E-state index contributed by atoms with van der Waals surface area (Å²) in [4.78, 5) is 17.7. The van der Waals surface area contributed by atoms with E-state index in [1.807, 2.05) is 37.1 Å². The largest absolute Gasteiger partial charge is 0.300 e. The molecule has 0 amide bonds. The van der Waals surface area contributed by atoms with Gasteiger partial charge >= 0.3 is 0 Å². The van der Waals surface area contributed by atoms with Crippen LogP contribution < -0.4 is 0 Å². The molecule has 1 aliphatic rings. The van der Waals surface area contributed by atoms with E-state index in [1.54, 1.807) is 6.20 Å². The monoisotopic (exact) mass is 308 g/mol. The predicted molar refractivity (Wildman–Crippen MR) is 87.8 cm³/mol. The Hall–Kier alpha value is -2.31. The Morgan fingerprint density at radius 2 is 1.65 bits per heavy atom. The van der Waals surface area contributed by atoms with Crippen LogP contribution in [0.2, 0.25) is 0 Å². The first-order chi connectivity index (χ1) is 11.4. The van der Waals surface area contributed by atoms with Crippen molar-refractivity contribution in [2.45, 2.75) is 13.1 Å². The lowest BCUT2D eigenvalue weighted by atomic mass is 10.2. The van der Waals surface area contributed by atoms with Crippen molar-refractivity contribution < 1.29 is 0 Å². The van der Waals surface area contributed by atoms with E-state index in [1.165, 1.54) is 11.3 Å². The molecule has 0 aromatic carbocycles. The smallest absolute Gasteiger partial charge is 0.155 e. The molecule has 0 unspecified atom stereocenters. The number of nitrogens with zero attached hydrogens (tertiary/aromatic N) is 6. The number of imidazole rings is 1. The van der Waals surface area contributed by atoms with Crippen LogP contribution in [0.15, 0.2) is 49.3 Å². The van der Waals surface area contributed by atoms with Gasteiger partial charge in [0.1, 0.15) is 0 Å². The average molecular weight is 308 g/mol. The molecular weight excluding hydrogens is 288 g/mol. The molecule has 1 fully saturated rings. The van der Waals surface area contributed by atoms with E-state index >= 15 is 0 Å². The van der Waals surface area contributed by atoms with Crippen LogP contribution in [0.4, 0.5) is 0 Å². The SMILES string of the molecule is c1cncc(CN2CCN(Cc3cnc4cnccn34)CC2)c1. The van der Waals surface area contributed by atoms with Gasteiger partial charge in [-0.25, -0.2) is 4.98 Å². The lowest BCUT2D eigenvalue weighted by Gasteiger charge is -2.34. The van der Waals surface area contributed by atoms with Crippen LogP contribution in [0.25, 0.3) is 5.65 Å². The van der Waals surface area contributed by atoms with Gasteiger partial charge in [-0.3, -0.25) is 24.2 Å². The standard InChI is InChI=1S/C17H20N6/c1-2-15(10-18-3-1)13-21-6-8-22(9-7-21)14-16-11-20-17-12-19-4-5-23(16)17/h1-5,10-12H,6-9,13-14H2. The third kappa shape index (κ3) is 3.23. The Morgan fingerprint density at radius 3 is 2.43 bits per heavy atom. The molecule has 0 spiro atoms. The highest BCUT2D eigenvalue weighted by atomic mass is 15.3. The summed E-state index contributed by atoms with van der Waals surface area (Å²) >= 11 is 0. The lowest BCUT2D eigenvalue weighted by molar-refractivity contribution is 0.120. The fraction of sp³-hybridized carbons (Fsp3) is 0.353. The molecule has 1 aliphatic heterocycles. The summed E-state index contributed by atoms with van der Waals surface area (Å²) in [6.45, 7) is 6.27. The lowest BCUT2D eigenvalue weighted by Crippen LogP contribution is -2.45. The summed E-state index contributed by atoms with van der Waals surface area (Å²) in [6.07, 6.45) is 11.3. The third-order valence-corrected chi connectivity index (χ3v) is 4.37. The Kier molecular flexibility index (Phi) is 4.00. The van der Waals surface area contributed by atoms with Crippen LogP contribution in [-0.4, -0.2) is 55.3 Å². The van der Waals surface area contributed by atoms with Gasteiger partial charge in [-0.1, -0.05) is 6.07 Å². The van der Waals surface area contributed by atoms with Gasteiger partial charge in [0.2, 0.25) is 0 Å². The number of aromatic nitrogens is 4. The zero-order valence-electron chi connectivity index (χ0n) is 13.0. The Labute approximate surface area is 135 Å². The van der Waals surface area contributed by atoms with Gasteiger partial charge in [0.25, 0.3) is 0 Å². The van der Waals surface area contributed by atoms with E-state index < -0.39 is 0 Å².